The Bertz CT molecular complexity index is 613. The van der Waals surface area contributed by atoms with Gasteiger partial charge in [0.2, 0.25) is 0 Å². The van der Waals surface area contributed by atoms with Gasteiger partial charge >= 0.3 is 0 Å². The van der Waals surface area contributed by atoms with Crippen LogP contribution in [0, 0.1) is 28.6 Å². The molecule has 0 aromatic heterocycles. The molecule has 0 aromatic carbocycles. The third-order valence-corrected chi connectivity index (χ3v) is 7.70. The van der Waals surface area contributed by atoms with E-state index in [4.69, 9.17) is 0 Å². The molecule has 146 valence electrons. The Morgan fingerprint density at radius 2 is 2.00 bits per heavy atom. The average molecular weight is 361 g/mol. The van der Waals surface area contributed by atoms with Crippen molar-refractivity contribution >= 4 is 5.78 Å². The maximum Gasteiger partial charge on any atom is 0.136 e. The Hall–Kier alpha value is -1.09. The zero-order chi connectivity index (χ0) is 19.1. The summed E-state index contributed by atoms with van der Waals surface area (Å²) in [5, 5.41) is 21.8. The number of fused-ring (bicyclic) bond motifs is 2. The standard InChI is InChI=1S/C23H36O3/c1-5-6-7-8-11-22(2,3)16-13-19(25)21(20(26)14-16)23(4)15-9-10-18(24)17(23)12-15/h13-15,17,19,21,25-26H,5-12H2,1-4H3/t15-,17-,19?,21?,23?/m1/s1. The first-order valence-corrected chi connectivity index (χ1v) is 10.6. The molecule has 0 heterocycles. The van der Waals surface area contributed by atoms with Crippen LogP contribution in [0.4, 0.5) is 0 Å². The number of Topliss-reactive ketones (excluding diaryl/α,β-unsaturated/α-hetero) is 1. The number of hydrogen-bond donors (Lipinski definition) is 2. The molecule has 3 aliphatic carbocycles. The monoisotopic (exact) mass is 360 g/mol. The third-order valence-electron chi connectivity index (χ3n) is 7.70. The summed E-state index contributed by atoms with van der Waals surface area (Å²) in [5.41, 5.74) is 0.692. The minimum atomic E-state index is -0.703. The summed E-state index contributed by atoms with van der Waals surface area (Å²) in [5.74, 6) is 0.713. The number of allylic oxidation sites excluding steroid dienone is 2. The fourth-order valence-corrected chi connectivity index (χ4v) is 5.78. The first kappa shape index (κ1) is 19.7. The van der Waals surface area contributed by atoms with E-state index in [-0.39, 0.29) is 28.4 Å². The molecule has 3 heteroatoms. The van der Waals surface area contributed by atoms with Crippen molar-refractivity contribution in [3.63, 3.8) is 0 Å². The van der Waals surface area contributed by atoms with Gasteiger partial charge in [0.25, 0.3) is 0 Å². The molecule has 0 amide bonds. The van der Waals surface area contributed by atoms with Gasteiger partial charge in [0.1, 0.15) is 5.78 Å². The molecular weight excluding hydrogens is 324 g/mol. The lowest BCUT2D eigenvalue weighted by Gasteiger charge is -2.61. The lowest BCUT2D eigenvalue weighted by Crippen LogP contribution is -2.61. The van der Waals surface area contributed by atoms with Crippen LogP contribution in [0.5, 0.6) is 0 Å². The molecule has 0 aromatic rings. The molecule has 3 nitrogen and oxygen atoms in total. The summed E-state index contributed by atoms with van der Waals surface area (Å²) in [6.07, 6.45) is 11.6. The van der Waals surface area contributed by atoms with Gasteiger partial charge in [-0.15, -0.1) is 0 Å². The molecule has 26 heavy (non-hydrogen) atoms. The molecule has 3 aliphatic rings. The van der Waals surface area contributed by atoms with Crippen LogP contribution in [0.3, 0.4) is 0 Å². The molecule has 2 fully saturated rings. The molecule has 0 saturated heterocycles. The number of aliphatic hydroxyl groups is 2. The second-order valence-electron chi connectivity index (χ2n) is 9.71. The van der Waals surface area contributed by atoms with Crippen molar-refractivity contribution < 1.29 is 15.0 Å². The van der Waals surface area contributed by atoms with Gasteiger partial charge in [-0.2, -0.15) is 0 Å². The highest BCUT2D eigenvalue weighted by molar-refractivity contribution is 5.84. The third kappa shape index (κ3) is 3.17. The van der Waals surface area contributed by atoms with Gasteiger partial charge in [-0.1, -0.05) is 59.5 Å². The number of carbonyl (C=O) groups is 1. The Balaban J connectivity index is 1.75. The summed E-state index contributed by atoms with van der Waals surface area (Å²) < 4.78 is 0. The molecule has 2 saturated carbocycles. The largest absolute Gasteiger partial charge is 0.512 e. The van der Waals surface area contributed by atoms with Crippen molar-refractivity contribution in [1.29, 1.82) is 0 Å². The predicted octanol–water partition coefficient (Wildman–Crippen LogP) is 5.35. The van der Waals surface area contributed by atoms with Crippen LogP contribution in [0.15, 0.2) is 23.5 Å². The number of carbonyl (C=O) groups excluding carboxylic acids is 1. The first-order valence-electron chi connectivity index (χ1n) is 10.6. The van der Waals surface area contributed by atoms with Gasteiger partial charge in [0.15, 0.2) is 0 Å². The highest BCUT2D eigenvalue weighted by Gasteiger charge is 2.63. The Morgan fingerprint density at radius 1 is 1.27 bits per heavy atom. The summed E-state index contributed by atoms with van der Waals surface area (Å²) in [6.45, 7) is 8.72. The summed E-state index contributed by atoms with van der Waals surface area (Å²) in [6, 6.07) is 0. The normalized spacial score (nSPS) is 37.0. The van der Waals surface area contributed by atoms with E-state index in [1.54, 1.807) is 0 Å². The number of aliphatic hydroxyl groups excluding tert-OH is 2. The number of rotatable bonds is 7. The van der Waals surface area contributed by atoms with E-state index in [0.717, 1.165) is 24.8 Å². The Kier molecular flexibility index (Phi) is 5.40. The highest BCUT2D eigenvalue weighted by Crippen LogP contribution is 2.64. The Labute approximate surface area is 158 Å². The average Bonchev–Trinajstić information content (AvgIpc) is 2.57. The van der Waals surface area contributed by atoms with Gasteiger partial charge in [-0.25, -0.2) is 0 Å². The molecule has 0 aliphatic heterocycles. The number of unbranched alkanes of at least 4 members (excludes halogenated alkanes) is 3. The minimum Gasteiger partial charge on any atom is -0.512 e. The van der Waals surface area contributed by atoms with Crippen molar-refractivity contribution in [1.82, 2.24) is 0 Å². The molecule has 5 atom stereocenters. The van der Waals surface area contributed by atoms with Gasteiger partial charge in [-0.05, 0) is 47.7 Å². The van der Waals surface area contributed by atoms with Gasteiger partial charge < -0.3 is 10.2 Å². The maximum absolute atomic E-state index is 12.3. The molecule has 3 unspecified atom stereocenters. The van der Waals surface area contributed by atoms with E-state index >= 15 is 0 Å². The van der Waals surface area contributed by atoms with Gasteiger partial charge in [0, 0.05) is 12.3 Å². The van der Waals surface area contributed by atoms with Gasteiger partial charge in [-0.3, -0.25) is 4.79 Å². The minimum absolute atomic E-state index is 0.00783. The summed E-state index contributed by atoms with van der Waals surface area (Å²) >= 11 is 0. The quantitative estimate of drug-likeness (QED) is 0.602. The van der Waals surface area contributed by atoms with Crippen LogP contribution < -0.4 is 0 Å². The van der Waals surface area contributed by atoms with E-state index < -0.39 is 6.10 Å². The van der Waals surface area contributed by atoms with Crippen LogP contribution in [0.25, 0.3) is 0 Å². The highest BCUT2D eigenvalue weighted by atomic mass is 16.3. The van der Waals surface area contributed by atoms with Crippen molar-refractivity contribution in [2.75, 3.05) is 0 Å². The lowest BCUT2D eigenvalue weighted by atomic mass is 9.42. The van der Waals surface area contributed by atoms with Crippen LogP contribution in [-0.4, -0.2) is 22.1 Å². The Morgan fingerprint density at radius 3 is 2.58 bits per heavy atom. The fourth-order valence-electron chi connectivity index (χ4n) is 5.78. The van der Waals surface area contributed by atoms with Crippen LogP contribution in [-0.2, 0) is 4.79 Å². The molecule has 2 N–H and O–H groups in total. The van der Waals surface area contributed by atoms with E-state index in [0.29, 0.717) is 18.1 Å². The molecule has 2 bridgehead atoms. The predicted molar refractivity (Wildman–Crippen MR) is 105 cm³/mol. The van der Waals surface area contributed by atoms with Crippen LogP contribution >= 0.6 is 0 Å². The fraction of sp³-hybridized carbons (Fsp3) is 0.783. The topological polar surface area (TPSA) is 57.5 Å². The maximum atomic E-state index is 12.3. The first-order chi connectivity index (χ1) is 12.2. The van der Waals surface area contributed by atoms with Gasteiger partial charge in [0.05, 0.1) is 17.8 Å². The molecule has 3 rings (SSSR count). The van der Waals surface area contributed by atoms with E-state index in [1.165, 1.54) is 25.7 Å². The van der Waals surface area contributed by atoms with Crippen molar-refractivity contribution in [3.8, 4) is 0 Å². The summed E-state index contributed by atoms with van der Waals surface area (Å²) in [4.78, 5) is 12.3. The van der Waals surface area contributed by atoms with Crippen molar-refractivity contribution in [3.05, 3.63) is 23.5 Å². The van der Waals surface area contributed by atoms with Crippen LogP contribution in [0.2, 0.25) is 0 Å². The lowest BCUT2D eigenvalue weighted by molar-refractivity contribution is -0.168. The molecule has 0 radical (unpaired) electrons. The zero-order valence-electron chi connectivity index (χ0n) is 16.9. The number of ketones is 1. The van der Waals surface area contributed by atoms with E-state index in [1.807, 2.05) is 12.2 Å². The second-order valence-corrected chi connectivity index (χ2v) is 9.71. The smallest absolute Gasteiger partial charge is 0.136 e. The summed E-state index contributed by atoms with van der Waals surface area (Å²) in [7, 11) is 0. The SMILES string of the molecule is CCCCCCC(C)(C)C1=CC(O)C(C2(C)[C@@H]3CCC(=O)[C@H]2C3)C(O)=C1. The second kappa shape index (κ2) is 7.14. The number of hydrogen-bond acceptors (Lipinski definition) is 3. The molecular formula is C23H36O3. The van der Waals surface area contributed by atoms with E-state index in [2.05, 4.69) is 27.7 Å². The van der Waals surface area contributed by atoms with E-state index in [9.17, 15) is 15.0 Å². The zero-order valence-corrected chi connectivity index (χ0v) is 16.9. The molecule has 0 spiro atoms. The van der Waals surface area contributed by atoms with Crippen molar-refractivity contribution in [2.24, 2.45) is 28.6 Å². The van der Waals surface area contributed by atoms with Crippen molar-refractivity contribution in [2.45, 2.75) is 85.2 Å². The van der Waals surface area contributed by atoms with Crippen LogP contribution in [0.1, 0.15) is 79.1 Å².